The summed E-state index contributed by atoms with van der Waals surface area (Å²) in [6, 6.07) is 9.93. The molecule has 0 radical (unpaired) electrons. The maximum atomic E-state index is 9.72. The van der Waals surface area contributed by atoms with E-state index in [4.69, 9.17) is 4.74 Å². The summed E-state index contributed by atoms with van der Waals surface area (Å²) in [6.45, 7) is 4.81. The van der Waals surface area contributed by atoms with Crippen LogP contribution in [0.3, 0.4) is 0 Å². The minimum Gasteiger partial charge on any atom is -0.490 e. The van der Waals surface area contributed by atoms with Crippen LogP contribution in [0.25, 0.3) is 0 Å². The van der Waals surface area contributed by atoms with Crippen LogP contribution in [0.1, 0.15) is 41.3 Å². The Morgan fingerprint density at radius 1 is 1.28 bits per heavy atom. The molecule has 1 saturated carbocycles. The van der Waals surface area contributed by atoms with E-state index in [0.29, 0.717) is 42.1 Å². The summed E-state index contributed by atoms with van der Waals surface area (Å²) in [5, 5.41) is 23.3. The van der Waals surface area contributed by atoms with Gasteiger partial charge in [0.15, 0.2) is 5.82 Å². The van der Waals surface area contributed by atoms with Crippen LogP contribution >= 0.6 is 0 Å². The number of nitrogens with one attached hydrogen (secondary N) is 3. The van der Waals surface area contributed by atoms with Gasteiger partial charge in [0.25, 0.3) is 0 Å². The number of ether oxygens (including phenoxy) is 1. The first-order chi connectivity index (χ1) is 14.1. The lowest BCUT2D eigenvalue weighted by molar-refractivity contribution is 0.329. The van der Waals surface area contributed by atoms with Gasteiger partial charge in [-0.15, -0.1) is 0 Å². The number of aromatic nitrogens is 4. The van der Waals surface area contributed by atoms with E-state index in [2.05, 4.69) is 36.9 Å². The maximum absolute atomic E-state index is 9.72. The SMILES string of the molecule is Cc1cc(Nc2cc(C3CC3)c(C#N)c(NCCOc3cccnc3C)n2)n[nH]1. The average molecular weight is 389 g/mol. The van der Waals surface area contributed by atoms with E-state index in [1.807, 2.05) is 38.1 Å². The highest BCUT2D eigenvalue weighted by molar-refractivity contribution is 5.65. The van der Waals surface area contributed by atoms with Gasteiger partial charge in [-0.3, -0.25) is 10.1 Å². The van der Waals surface area contributed by atoms with Gasteiger partial charge in [-0.2, -0.15) is 10.4 Å². The Morgan fingerprint density at radius 3 is 2.83 bits per heavy atom. The Kier molecular flexibility index (Phi) is 5.29. The highest BCUT2D eigenvalue weighted by atomic mass is 16.5. The molecular weight excluding hydrogens is 366 g/mol. The molecule has 3 N–H and O–H groups in total. The molecule has 3 aromatic rings. The number of rotatable bonds is 8. The van der Waals surface area contributed by atoms with Gasteiger partial charge in [0.2, 0.25) is 0 Å². The van der Waals surface area contributed by atoms with Crippen molar-refractivity contribution in [2.24, 2.45) is 0 Å². The molecule has 4 rings (SSSR count). The second-order valence-corrected chi connectivity index (χ2v) is 7.13. The van der Waals surface area contributed by atoms with Crippen molar-refractivity contribution in [1.29, 1.82) is 5.26 Å². The molecule has 0 amide bonds. The summed E-state index contributed by atoms with van der Waals surface area (Å²) >= 11 is 0. The summed E-state index contributed by atoms with van der Waals surface area (Å²) in [4.78, 5) is 8.83. The molecule has 0 atom stereocenters. The molecule has 8 nitrogen and oxygen atoms in total. The number of aryl methyl sites for hydroxylation is 2. The fourth-order valence-corrected chi connectivity index (χ4v) is 3.16. The number of aromatic amines is 1. The molecule has 3 aromatic heterocycles. The highest BCUT2D eigenvalue weighted by Crippen LogP contribution is 2.43. The van der Waals surface area contributed by atoms with Gasteiger partial charge in [0.1, 0.15) is 30.1 Å². The monoisotopic (exact) mass is 389 g/mol. The van der Waals surface area contributed by atoms with Gasteiger partial charge < -0.3 is 15.4 Å². The van der Waals surface area contributed by atoms with E-state index in [1.165, 1.54) is 0 Å². The number of hydrogen-bond donors (Lipinski definition) is 3. The van der Waals surface area contributed by atoms with Crippen molar-refractivity contribution in [3.8, 4) is 11.8 Å². The topological polar surface area (TPSA) is 112 Å². The van der Waals surface area contributed by atoms with Crippen molar-refractivity contribution < 1.29 is 4.74 Å². The van der Waals surface area contributed by atoms with Crippen molar-refractivity contribution >= 4 is 17.5 Å². The fraction of sp³-hybridized carbons (Fsp3) is 0.333. The molecule has 0 unspecified atom stereocenters. The quantitative estimate of drug-likeness (QED) is 0.502. The van der Waals surface area contributed by atoms with Crippen LogP contribution < -0.4 is 15.4 Å². The lowest BCUT2D eigenvalue weighted by atomic mass is 10.1. The zero-order chi connectivity index (χ0) is 20.2. The largest absolute Gasteiger partial charge is 0.490 e. The number of hydrogen-bond acceptors (Lipinski definition) is 7. The number of nitrogens with zero attached hydrogens (tertiary/aromatic N) is 4. The smallest absolute Gasteiger partial charge is 0.153 e. The van der Waals surface area contributed by atoms with Crippen LogP contribution in [-0.2, 0) is 0 Å². The van der Waals surface area contributed by atoms with Gasteiger partial charge in [-0.25, -0.2) is 4.98 Å². The second kappa shape index (κ2) is 8.19. The van der Waals surface area contributed by atoms with Gasteiger partial charge in [-0.1, -0.05) is 0 Å². The van der Waals surface area contributed by atoms with Crippen molar-refractivity contribution in [3.05, 3.63) is 53.0 Å². The molecule has 0 spiro atoms. The van der Waals surface area contributed by atoms with E-state index in [0.717, 1.165) is 35.5 Å². The summed E-state index contributed by atoms with van der Waals surface area (Å²) < 4.78 is 5.79. The fourth-order valence-electron chi connectivity index (χ4n) is 3.16. The summed E-state index contributed by atoms with van der Waals surface area (Å²) in [5.74, 6) is 3.11. The van der Waals surface area contributed by atoms with E-state index >= 15 is 0 Å². The molecule has 0 aliphatic heterocycles. The standard InChI is InChI=1S/C21H23N7O/c1-13-10-20(28-27-13)25-19-11-16(15-5-6-15)17(12-22)21(26-19)24-8-9-29-18-4-3-7-23-14(18)2/h3-4,7,10-11,15H,5-6,8-9H2,1-2H3,(H3,24,25,26,27,28). The van der Waals surface area contributed by atoms with Gasteiger partial charge in [0, 0.05) is 18.0 Å². The predicted octanol–water partition coefficient (Wildman–Crippen LogP) is 3.80. The third-order valence-electron chi connectivity index (χ3n) is 4.75. The van der Waals surface area contributed by atoms with E-state index in [1.54, 1.807) is 6.20 Å². The number of anilines is 3. The van der Waals surface area contributed by atoms with Gasteiger partial charge >= 0.3 is 0 Å². The van der Waals surface area contributed by atoms with Crippen LogP contribution in [0.15, 0.2) is 30.5 Å². The van der Waals surface area contributed by atoms with Crippen molar-refractivity contribution in [2.45, 2.75) is 32.6 Å². The normalized spacial score (nSPS) is 13.0. The first-order valence-electron chi connectivity index (χ1n) is 9.66. The molecule has 29 heavy (non-hydrogen) atoms. The minimum absolute atomic E-state index is 0.420. The number of nitriles is 1. The van der Waals surface area contributed by atoms with Crippen molar-refractivity contribution in [1.82, 2.24) is 20.2 Å². The second-order valence-electron chi connectivity index (χ2n) is 7.13. The molecular formula is C21H23N7O. The van der Waals surface area contributed by atoms with E-state index in [-0.39, 0.29) is 0 Å². The molecule has 148 valence electrons. The van der Waals surface area contributed by atoms with Crippen LogP contribution in [-0.4, -0.2) is 33.3 Å². The molecule has 1 aliphatic rings. The molecule has 0 aromatic carbocycles. The zero-order valence-corrected chi connectivity index (χ0v) is 16.5. The third kappa shape index (κ3) is 4.46. The predicted molar refractivity (Wildman–Crippen MR) is 110 cm³/mol. The van der Waals surface area contributed by atoms with Crippen LogP contribution in [0.4, 0.5) is 17.5 Å². The summed E-state index contributed by atoms with van der Waals surface area (Å²) in [6.07, 6.45) is 3.94. The molecule has 0 bridgehead atoms. The molecule has 1 fully saturated rings. The summed E-state index contributed by atoms with van der Waals surface area (Å²) in [7, 11) is 0. The average Bonchev–Trinajstić information content (AvgIpc) is 3.48. The van der Waals surface area contributed by atoms with E-state index in [9.17, 15) is 5.26 Å². The minimum atomic E-state index is 0.420. The number of H-pyrrole nitrogens is 1. The Hall–Kier alpha value is -3.60. The van der Waals surface area contributed by atoms with Crippen molar-refractivity contribution in [2.75, 3.05) is 23.8 Å². The van der Waals surface area contributed by atoms with Gasteiger partial charge in [-0.05, 0) is 56.4 Å². The molecule has 8 heteroatoms. The van der Waals surface area contributed by atoms with Crippen LogP contribution in [0, 0.1) is 25.2 Å². The zero-order valence-electron chi connectivity index (χ0n) is 16.5. The molecule has 3 heterocycles. The van der Waals surface area contributed by atoms with Crippen LogP contribution in [0.2, 0.25) is 0 Å². The Morgan fingerprint density at radius 2 is 2.14 bits per heavy atom. The van der Waals surface area contributed by atoms with Crippen molar-refractivity contribution in [3.63, 3.8) is 0 Å². The lowest BCUT2D eigenvalue weighted by Crippen LogP contribution is -2.15. The van der Waals surface area contributed by atoms with E-state index < -0.39 is 0 Å². The molecule has 0 saturated heterocycles. The van der Waals surface area contributed by atoms with Gasteiger partial charge in [0.05, 0.1) is 17.8 Å². The molecule has 1 aliphatic carbocycles. The Bertz CT molecular complexity index is 1050. The Labute approximate surface area is 169 Å². The Balaban J connectivity index is 1.49. The summed E-state index contributed by atoms with van der Waals surface area (Å²) in [5.41, 5.74) is 3.45. The van der Waals surface area contributed by atoms with Crippen LogP contribution in [0.5, 0.6) is 5.75 Å². The highest BCUT2D eigenvalue weighted by Gasteiger charge is 2.28. The number of pyridine rings is 2. The first kappa shape index (κ1) is 18.7. The maximum Gasteiger partial charge on any atom is 0.153 e. The third-order valence-corrected chi connectivity index (χ3v) is 4.75. The first-order valence-corrected chi connectivity index (χ1v) is 9.66. The lowest BCUT2D eigenvalue weighted by Gasteiger charge is -2.14.